The lowest BCUT2D eigenvalue weighted by atomic mass is 10.0. The summed E-state index contributed by atoms with van der Waals surface area (Å²) >= 11 is 0. The van der Waals surface area contributed by atoms with Crippen LogP contribution in [0.2, 0.25) is 0 Å². The van der Waals surface area contributed by atoms with E-state index in [4.69, 9.17) is 0 Å². The highest BCUT2D eigenvalue weighted by atomic mass is 32.2. The SMILES string of the molecule is CCNc1cc(C)c(S(=O)(=O)NC2(C)CCCC2)c(C)c1. The van der Waals surface area contributed by atoms with Crippen molar-refractivity contribution in [2.75, 3.05) is 11.9 Å². The monoisotopic (exact) mass is 310 g/mol. The third kappa shape index (κ3) is 3.58. The lowest BCUT2D eigenvalue weighted by Gasteiger charge is -2.26. The summed E-state index contributed by atoms with van der Waals surface area (Å²) in [5, 5.41) is 3.23. The minimum Gasteiger partial charge on any atom is -0.385 e. The van der Waals surface area contributed by atoms with E-state index in [1.54, 1.807) is 0 Å². The van der Waals surface area contributed by atoms with Gasteiger partial charge in [0.2, 0.25) is 10.0 Å². The molecule has 0 aliphatic heterocycles. The van der Waals surface area contributed by atoms with E-state index in [-0.39, 0.29) is 5.54 Å². The molecule has 0 saturated heterocycles. The van der Waals surface area contributed by atoms with Crippen LogP contribution in [0.15, 0.2) is 17.0 Å². The molecule has 21 heavy (non-hydrogen) atoms. The van der Waals surface area contributed by atoms with E-state index in [1.165, 1.54) is 0 Å². The quantitative estimate of drug-likeness (QED) is 0.877. The summed E-state index contributed by atoms with van der Waals surface area (Å²) in [6, 6.07) is 3.81. The van der Waals surface area contributed by atoms with Gasteiger partial charge in [-0.3, -0.25) is 0 Å². The molecule has 1 aliphatic rings. The van der Waals surface area contributed by atoms with Crippen molar-refractivity contribution in [3.8, 4) is 0 Å². The number of aryl methyl sites for hydroxylation is 2. The van der Waals surface area contributed by atoms with Gasteiger partial charge >= 0.3 is 0 Å². The van der Waals surface area contributed by atoms with Crippen LogP contribution in [0.3, 0.4) is 0 Å². The van der Waals surface area contributed by atoms with Gasteiger partial charge in [0.05, 0.1) is 4.90 Å². The van der Waals surface area contributed by atoms with Gasteiger partial charge in [-0.15, -0.1) is 0 Å². The summed E-state index contributed by atoms with van der Waals surface area (Å²) in [4.78, 5) is 0.428. The van der Waals surface area contributed by atoms with Gasteiger partial charge in [0, 0.05) is 17.8 Å². The Kier molecular flexibility index (Phi) is 4.63. The van der Waals surface area contributed by atoms with Crippen molar-refractivity contribution < 1.29 is 8.42 Å². The van der Waals surface area contributed by atoms with Crippen LogP contribution in [-0.2, 0) is 10.0 Å². The Morgan fingerprint density at radius 1 is 1.14 bits per heavy atom. The molecule has 1 aromatic carbocycles. The number of hydrogen-bond acceptors (Lipinski definition) is 3. The van der Waals surface area contributed by atoms with Crippen molar-refractivity contribution in [1.29, 1.82) is 0 Å². The fourth-order valence-electron chi connectivity index (χ4n) is 3.31. The van der Waals surface area contributed by atoms with Crippen LogP contribution in [0.5, 0.6) is 0 Å². The maximum atomic E-state index is 12.8. The van der Waals surface area contributed by atoms with Gasteiger partial charge in [0.25, 0.3) is 0 Å². The van der Waals surface area contributed by atoms with Gasteiger partial charge in [-0.2, -0.15) is 0 Å². The van der Waals surface area contributed by atoms with Crippen molar-refractivity contribution in [2.24, 2.45) is 0 Å². The van der Waals surface area contributed by atoms with Gasteiger partial charge in [-0.1, -0.05) is 12.8 Å². The second-order valence-electron chi connectivity index (χ2n) is 6.34. The molecule has 1 saturated carbocycles. The van der Waals surface area contributed by atoms with Gasteiger partial charge in [0.1, 0.15) is 0 Å². The molecule has 1 aliphatic carbocycles. The van der Waals surface area contributed by atoms with E-state index in [0.717, 1.165) is 49.0 Å². The van der Waals surface area contributed by atoms with Crippen molar-refractivity contribution in [1.82, 2.24) is 4.72 Å². The van der Waals surface area contributed by atoms with Gasteiger partial charge in [0.15, 0.2) is 0 Å². The molecule has 0 aromatic heterocycles. The zero-order valence-corrected chi connectivity index (χ0v) is 14.2. The molecule has 0 atom stereocenters. The van der Waals surface area contributed by atoms with E-state index in [2.05, 4.69) is 10.0 Å². The van der Waals surface area contributed by atoms with Crippen LogP contribution in [0.1, 0.15) is 50.7 Å². The molecule has 1 fully saturated rings. The summed E-state index contributed by atoms with van der Waals surface area (Å²) < 4.78 is 28.5. The summed E-state index contributed by atoms with van der Waals surface area (Å²) in [5.41, 5.74) is 2.26. The minimum absolute atomic E-state index is 0.294. The first-order chi connectivity index (χ1) is 9.77. The van der Waals surface area contributed by atoms with Crippen molar-refractivity contribution >= 4 is 15.7 Å². The molecule has 0 spiro atoms. The summed E-state index contributed by atoms with van der Waals surface area (Å²) in [6.07, 6.45) is 4.02. The van der Waals surface area contributed by atoms with Crippen LogP contribution in [-0.4, -0.2) is 20.5 Å². The van der Waals surface area contributed by atoms with Crippen LogP contribution < -0.4 is 10.0 Å². The van der Waals surface area contributed by atoms with Crippen LogP contribution in [0.25, 0.3) is 0 Å². The molecule has 118 valence electrons. The first-order valence-corrected chi connectivity index (χ1v) is 9.15. The van der Waals surface area contributed by atoms with E-state index in [1.807, 2.05) is 39.8 Å². The van der Waals surface area contributed by atoms with E-state index >= 15 is 0 Å². The molecule has 1 aromatic rings. The molecular weight excluding hydrogens is 284 g/mol. The Bertz CT molecular complexity index is 594. The predicted molar refractivity (Wildman–Crippen MR) is 87.3 cm³/mol. The van der Waals surface area contributed by atoms with Crippen LogP contribution >= 0.6 is 0 Å². The van der Waals surface area contributed by atoms with Crippen molar-refractivity contribution in [2.45, 2.75) is 63.8 Å². The highest BCUT2D eigenvalue weighted by Crippen LogP contribution is 2.32. The maximum Gasteiger partial charge on any atom is 0.241 e. The van der Waals surface area contributed by atoms with E-state index in [0.29, 0.717) is 4.90 Å². The summed E-state index contributed by atoms with van der Waals surface area (Å²) in [7, 11) is -3.47. The highest BCUT2D eigenvalue weighted by molar-refractivity contribution is 7.89. The topological polar surface area (TPSA) is 58.2 Å². The lowest BCUT2D eigenvalue weighted by molar-refractivity contribution is 0.427. The average Bonchev–Trinajstić information content (AvgIpc) is 2.73. The number of anilines is 1. The molecule has 5 heteroatoms. The Morgan fingerprint density at radius 3 is 2.14 bits per heavy atom. The van der Waals surface area contributed by atoms with Crippen molar-refractivity contribution in [3.63, 3.8) is 0 Å². The van der Waals surface area contributed by atoms with E-state index < -0.39 is 10.0 Å². The molecular formula is C16H26N2O2S. The smallest absolute Gasteiger partial charge is 0.241 e. The Morgan fingerprint density at radius 2 is 1.67 bits per heavy atom. The molecule has 0 unspecified atom stereocenters. The minimum atomic E-state index is -3.47. The third-order valence-electron chi connectivity index (χ3n) is 4.20. The Labute approximate surface area is 128 Å². The first kappa shape index (κ1) is 16.3. The van der Waals surface area contributed by atoms with E-state index in [9.17, 15) is 8.42 Å². The fourth-order valence-corrected chi connectivity index (χ4v) is 5.23. The fraction of sp³-hybridized carbons (Fsp3) is 0.625. The first-order valence-electron chi connectivity index (χ1n) is 7.66. The van der Waals surface area contributed by atoms with Crippen molar-refractivity contribution in [3.05, 3.63) is 23.3 Å². The molecule has 2 N–H and O–H groups in total. The second kappa shape index (κ2) is 5.97. The number of sulfonamides is 1. The van der Waals surface area contributed by atoms with Crippen LogP contribution in [0, 0.1) is 13.8 Å². The largest absolute Gasteiger partial charge is 0.385 e. The predicted octanol–water partition coefficient (Wildman–Crippen LogP) is 3.35. The molecule has 2 rings (SSSR count). The average molecular weight is 310 g/mol. The van der Waals surface area contributed by atoms with Crippen LogP contribution in [0.4, 0.5) is 5.69 Å². The Balaban J connectivity index is 2.36. The number of nitrogens with one attached hydrogen (secondary N) is 2. The maximum absolute atomic E-state index is 12.8. The number of hydrogen-bond donors (Lipinski definition) is 2. The molecule has 0 heterocycles. The third-order valence-corrected chi connectivity index (χ3v) is 6.14. The zero-order valence-electron chi connectivity index (χ0n) is 13.4. The number of rotatable bonds is 5. The van der Waals surface area contributed by atoms with Gasteiger partial charge in [-0.05, 0) is 63.8 Å². The standard InChI is InChI=1S/C16H26N2O2S/c1-5-17-14-10-12(2)15(13(3)11-14)21(19,20)18-16(4)8-6-7-9-16/h10-11,17-18H,5-9H2,1-4H3. The summed E-state index contributed by atoms with van der Waals surface area (Å²) in [5.74, 6) is 0. The molecule has 0 amide bonds. The zero-order chi connectivity index (χ0) is 15.7. The molecule has 0 bridgehead atoms. The van der Waals surface area contributed by atoms with Gasteiger partial charge in [-0.25, -0.2) is 13.1 Å². The number of benzene rings is 1. The summed E-state index contributed by atoms with van der Waals surface area (Å²) in [6.45, 7) is 8.58. The molecule has 0 radical (unpaired) electrons. The van der Waals surface area contributed by atoms with Gasteiger partial charge < -0.3 is 5.32 Å². The molecule has 4 nitrogen and oxygen atoms in total. The Hall–Kier alpha value is -1.07. The second-order valence-corrected chi connectivity index (χ2v) is 7.96. The highest BCUT2D eigenvalue weighted by Gasteiger charge is 2.34. The lowest BCUT2D eigenvalue weighted by Crippen LogP contribution is -2.43. The normalized spacial score (nSPS) is 17.9.